The molecule has 0 spiro atoms. The van der Waals surface area contributed by atoms with Gasteiger partial charge in [0.05, 0.1) is 58.3 Å². The molecule has 10 aromatic carbocycles. The smallest absolute Gasteiger partial charge is 0.206 e. The molecule has 0 aliphatic heterocycles. The van der Waals surface area contributed by atoms with E-state index in [1.165, 1.54) is 0 Å². The molecule has 6 nitrogen and oxygen atoms in total. The summed E-state index contributed by atoms with van der Waals surface area (Å²) in [4.78, 5) is 0.495. The lowest BCUT2D eigenvalue weighted by molar-refractivity contribution is 0.107. The molecule has 12 aromatic rings. The van der Waals surface area contributed by atoms with Crippen molar-refractivity contribution in [1.82, 2.24) is 9.13 Å². The second kappa shape index (κ2) is 20.2. The molecule has 12 rings (SSSR count). The maximum Gasteiger partial charge on any atom is 0.206 e. The Hall–Kier alpha value is -8.85. The van der Waals surface area contributed by atoms with Crippen LogP contribution < -0.4 is 0 Å². The van der Waals surface area contributed by atoms with Gasteiger partial charge in [0.1, 0.15) is 0 Å². The van der Waals surface area contributed by atoms with Gasteiger partial charge in [-0.05, 0) is 141 Å². The lowest BCUT2D eigenvalue weighted by atomic mass is 10.0. The minimum absolute atomic E-state index is 0.247. The quantitative estimate of drug-likeness (QED) is 0.0968. The lowest BCUT2D eigenvalue weighted by Gasteiger charge is -2.11. The Balaban J connectivity index is 0.744. The van der Waals surface area contributed by atoms with Crippen molar-refractivity contribution in [3.63, 3.8) is 0 Å². The summed E-state index contributed by atoms with van der Waals surface area (Å²) < 4.78 is 44.9. The molecule has 0 saturated heterocycles. The molecule has 0 aliphatic carbocycles. The van der Waals surface area contributed by atoms with Crippen molar-refractivity contribution in [1.29, 1.82) is 0 Å². The predicted molar refractivity (Wildman–Crippen MR) is 308 cm³/mol. The fraction of sp³-hybridized carbons (Fsp3) is 0.0588. The van der Waals surface area contributed by atoms with Crippen LogP contribution in [0.25, 0.3) is 89.4 Å². The number of aromatic nitrogens is 2. The molecule has 0 atom stereocenters. The number of sulfone groups is 1. The van der Waals surface area contributed by atoms with E-state index in [9.17, 15) is 8.42 Å². The van der Waals surface area contributed by atoms with Gasteiger partial charge in [-0.15, -0.1) is 0 Å². The van der Waals surface area contributed by atoms with Crippen LogP contribution >= 0.6 is 0 Å². The Bertz CT molecular complexity index is 3900. The van der Waals surface area contributed by atoms with Crippen LogP contribution in [0.5, 0.6) is 0 Å². The molecule has 364 valence electrons. The molecular weight excluding hydrogens is 941 g/mol. The van der Waals surface area contributed by atoms with Crippen LogP contribution in [0.2, 0.25) is 0 Å². The van der Waals surface area contributed by atoms with Gasteiger partial charge in [-0.2, -0.15) is 0 Å². The molecule has 0 aliphatic rings. The lowest BCUT2D eigenvalue weighted by Crippen LogP contribution is -2.01. The van der Waals surface area contributed by atoms with Crippen molar-refractivity contribution < 1.29 is 17.9 Å². The Kier molecular flexibility index (Phi) is 12.7. The van der Waals surface area contributed by atoms with Crippen LogP contribution in [0.3, 0.4) is 0 Å². The van der Waals surface area contributed by atoms with Gasteiger partial charge < -0.3 is 18.6 Å². The van der Waals surface area contributed by atoms with Crippen LogP contribution in [-0.2, 0) is 45.7 Å². The van der Waals surface area contributed by atoms with E-state index in [0.717, 1.165) is 111 Å². The second-order valence-electron chi connectivity index (χ2n) is 18.9. The van der Waals surface area contributed by atoms with Gasteiger partial charge in [0.2, 0.25) is 9.84 Å². The summed E-state index contributed by atoms with van der Waals surface area (Å²) in [5.41, 5.74) is 17.1. The molecular formula is C68H52N2O4S. The van der Waals surface area contributed by atoms with E-state index < -0.39 is 9.84 Å². The third-order valence-electron chi connectivity index (χ3n) is 14.2. The van der Waals surface area contributed by atoms with E-state index in [2.05, 4.69) is 180 Å². The van der Waals surface area contributed by atoms with Gasteiger partial charge in [0.25, 0.3) is 0 Å². The van der Waals surface area contributed by atoms with Crippen molar-refractivity contribution in [2.24, 2.45) is 0 Å². The van der Waals surface area contributed by atoms with Crippen LogP contribution in [0.1, 0.15) is 33.4 Å². The SMILES string of the molecule is C=Cc1ccc(COCc2ccc(-n3c4ccccc4c4cc(-c5ccc(S(=O)(=O)c6ccc(-c7ccc8c(c7)c7ccccc7n8-c7ccc(COCc8ccc(C=C)cc8)cc7)cc6)cc5)ccc43)cc2)cc1. The molecule has 0 N–H and O–H groups in total. The van der Waals surface area contributed by atoms with Gasteiger partial charge in [-0.3, -0.25) is 0 Å². The highest BCUT2D eigenvalue weighted by Crippen LogP contribution is 2.38. The highest BCUT2D eigenvalue weighted by atomic mass is 32.2. The maximum atomic E-state index is 14.1. The van der Waals surface area contributed by atoms with Gasteiger partial charge in [-0.1, -0.05) is 171 Å². The van der Waals surface area contributed by atoms with E-state index in [1.807, 2.05) is 60.7 Å². The van der Waals surface area contributed by atoms with E-state index in [-0.39, 0.29) is 9.79 Å². The zero-order valence-corrected chi connectivity index (χ0v) is 42.1. The van der Waals surface area contributed by atoms with E-state index in [4.69, 9.17) is 9.47 Å². The third-order valence-corrected chi connectivity index (χ3v) is 16.0. The maximum absolute atomic E-state index is 14.1. The van der Waals surface area contributed by atoms with E-state index in [1.54, 1.807) is 24.3 Å². The molecule has 0 bridgehead atoms. The van der Waals surface area contributed by atoms with Crippen LogP contribution in [0, 0.1) is 0 Å². The normalized spacial score (nSPS) is 11.7. The molecule has 0 radical (unpaired) electrons. The first-order valence-electron chi connectivity index (χ1n) is 25.1. The van der Waals surface area contributed by atoms with Crippen LogP contribution in [-0.4, -0.2) is 17.6 Å². The highest BCUT2D eigenvalue weighted by Gasteiger charge is 2.20. The van der Waals surface area contributed by atoms with E-state index in [0.29, 0.717) is 26.4 Å². The fourth-order valence-corrected chi connectivity index (χ4v) is 11.5. The number of rotatable bonds is 16. The Morgan fingerprint density at radius 2 is 0.667 bits per heavy atom. The Labute approximate surface area is 437 Å². The summed E-state index contributed by atoms with van der Waals surface area (Å²) >= 11 is 0. The number of fused-ring (bicyclic) bond motifs is 6. The minimum atomic E-state index is -3.79. The summed E-state index contributed by atoms with van der Waals surface area (Å²) in [6.07, 6.45) is 3.68. The number of benzene rings is 10. The van der Waals surface area contributed by atoms with Crippen molar-refractivity contribution in [2.45, 2.75) is 36.2 Å². The van der Waals surface area contributed by atoms with Crippen molar-refractivity contribution in [3.8, 4) is 33.6 Å². The largest absolute Gasteiger partial charge is 0.372 e. The predicted octanol–water partition coefficient (Wildman–Crippen LogP) is 16.8. The first-order chi connectivity index (χ1) is 36.8. The summed E-state index contributed by atoms with van der Waals surface area (Å²) in [6.45, 7) is 9.78. The average Bonchev–Trinajstić information content (AvgIpc) is 4.00. The monoisotopic (exact) mass is 992 g/mol. The van der Waals surface area contributed by atoms with Crippen molar-refractivity contribution in [2.75, 3.05) is 0 Å². The molecule has 7 heteroatoms. The number of hydrogen-bond donors (Lipinski definition) is 0. The third kappa shape index (κ3) is 9.30. The molecule has 0 fully saturated rings. The second-order valence-corrected chi connectivity index (χ2v) is 20.9. The molecule has 2 heterocycles. The fourth-order valence-electron chi connectivity index (χ4n) is 10.2. The number of hydrogen-bond acceptors (Lipinski definition) is 4. The minimum Gasteiger partial charge on any atom is -0.372 e. The van der Waals surface area contributed by atoms with Gasteiger partial charge in [0, 0.05) is 32.9 Å². The van der Waals surface area contributed by atoms with E-state index >= 15 is 0 Å². The zero-order chi connectivity index (χ0) is 50.9. The summed E-state index contributed by atoms with van der Waals surface area (Å²) in [7, 11) is -3.79. The molecule has 0 saturated carbocycles. The van der Waals surface area contributed by atoms with Gasteiger partial charge >= 0.3 is 0 Å². The standard InChI is InChI=1S/C68H52N2O4S/c1-3-47-13-17-49(18-14-47)43-73-45-51-21-31-57(32-22-51)69-65-11-7-5-9-61(65)63-41-55(29-39-67(63)69)53-25-35-59(36-26-53)75(71,72)60-37-27-54(28-38-60)56-30-40-68-64(42-56)62-10-6-8-12-66(62)70(68)58-33-23-52(24-34-58)46-74-44-50-19-15-48(4-2)16-20-50/h3-42H,1-2,43-46H2. The topological polar surface area (TPSA) is 62.5 Å². The number of ether oxygens (including phenoxy) is 2. The molecule has 2 aromatic heterocycles. The van der Waals surface area contributed by atoms with Crippen molar-refractivity contribution in [3.05, 3.63) is 277 Å². The van der Waals surface area contributed by atoms with Gasteiger partial charge in [0.15, 0.2) is 0 Å². The molecule has 0 unspecified atom stereocenters. The summed E-state index contributed by atoms with van der Waals surface area (Å²) in [6, 6.07) is 77.9. The first kappa shape index (κ1) is 47.2. The van der Waals surface area contributed by atoms with Crippen LogP contribution in [0.4, 0.5) is 0 Å². The Morgan fingerprint density at radius 1 is 0.347 bits per heavy atom. The summed E-state index contributed by atoms with van der Waals surface area (Å²) in [5, 5.41) is 4.53. The number of para-hydroxylation sites is 2. The average molecular weight is 993 g/mol. The first-order valence-corrected chi connectivity index (χ1v) is 26.6. The Morgan fingerprint density at radius 3 is 1.03 bits per heavy atom. The number of nitrogens with zero attached hydrogens (tertiary/aromatic N) is 2. The molecule has 0 amide bonds. The summed E-state index contributed by atoms with van der Waals surface area (Å²) in [5.74, 6) is 0. The highest BCUT2D eigenvalue weighted by molar-refractivity contribution is 7.91. The zero-order valence-electron chi connectivity index (χ0n) is 41.3. The van der Waals surface area contributed by atoms with Crippen LogP contribution in [0.15, 0.2) is 253 Å². The molecule has 75 heavy (non-hydrogen) atoms. The van der Waals surface area contributed by atoms with Crippen molar-refractivity contribution >= 4 is 65.6 Å². The van der Waals surface area contributed by atoms with Gasteiger partial charge in [-0.25, -0.2) is 8.42 Å².